The summed E-state index contributed by atoms with van der Waals surface area (Å²) in [5.74, 6) is 0. The van der Waals surface area contributed by atoms with Crippen molar-refractivity contribution in [2.24, 2.45) is 5.41 Å². The average molecular weight is 218 g/mol. The summed E-state index contributed by atoms with van der Waals surface area (Å²) >= 11 is 0. The quantitative estimate of drug-likeness (QED) is 0.589. The molecule has 0 amide bonds. The highest BCUT2D eigenvalue weighted by Crippen LogP contribution is 2.44. The Hall–Kier alpha value is -1.02. The first-order chi connectivity index (χ1) is 7.58. The fourth-order valence-corrected chi connectivity index (χ4v) is 2.13. The zero-order chi connectivity index (χ0) is 11.6. The van der Waals surface area contributed by atoms with Crippen molar-refractivity contribution in [3.05, 3.63) is 29.8 Å². The van der Waals surface area contributed by atoms with Gasteiger partial charge in [-0.05, 0) is 48.9 Å². The molecule has 0 aliphatic heterocycles. The van der Waals surface area contributed by atoms with Crippen LogP contribution in [0.4, 0.5) is 5.69 Å². The lowest BCUT2D eigenvalue weighted by molar-refractivity contribution is 0.535. The molecule has 0 spiro atoms. The lowest BCUT2D eigenvalue weighted by Gasteiger charge is -2.06. The summed E-state index contributed by atoms with van der Waals surface area (Å²) in [4.78, 5) is 0. The molecule has 2 rings (SSSR count). The van der Waals surface area contributed by atoms with Crippen LogP contribution in [0.15, 0.2) is 24.3 Å². The molecule has 0 heterocycles. The van der Waals surface area contributed by atoms with Crippen LogP contribution in [0.3, 0.4) is 0 Å². The van der Waals surface area contributed by atoms with Crippen LogP contribution >= 0.6 is 0 Å². The molecule has 88 valence electrons. The summed E-state index contributed by atoms with van der Waals surface area (Å²) in [6, 6.07) is 8.93. The maximum absolute atomic E-state index is 5.74. The molecule has 1 atom stereocenters. The number of anilines is 1. The van der Waals surface area contributed by atoms with E-state index in [0.29, 0.717) is 5.41 Å². The first kappa shape index (κ1) is 11.5. The van der Waals surface area contributed by atoms with Crippen LogP contribution in [0.2, 0.25) is 0 Å². The molecule has 1 unspecified atom stereocenters. The molecular formula is C14H22N2. The molecule has 1 aliphatic rings. The lowest BCUT2D eigenvalue weighted by Crippen LogP contribution is -2.22. The summed E-state index contributed by atoms with van der Waals surface area (Å²) in [7, 11) is 0. The molecule has 0 aromatic heterocycles. The molecule has 0 saturated heterocycles. The number of nitrogen functional groups attached to an aromatic ring is 1. The van der Waals surface area contributed by atoms with E-state index in [9.17, 15) is 0 Å². The van der Waals surface area contributed by atoms with Gasteiger partial charge >= 0.3 is 0 Å². The van der Waals surface area contributed by atoms with Crippen molar-refractivity contribution >= 4 is 5.69 Å². The molecule has 1 aliphatic carbocycles. The van der Waals surface area contributed by atoms with Gasteiger partial charge in [-0.2, -0.15) is 0 Å². The van der Waals surface area contributed by atoms with Crippen LogP contribution in [0, 0.1) is 5.41 Å². The summed E-state index contributed by atoms with van der Waals surface area (Å²) in [6.45, 7) is 5.76. The second kappa shape index (κ2) is 4.46. The van der Waals surface area contributed by atoms with E-state index in [4.69, 9.17) is 5.73 Å². The van der Waals surface area contributed by atoms with Crippen molar-refractivity contribution in [1.82, 2.24) is 5.32 Å². The van der Waals surface area contributed by atoms with Crippen LogP contribution in [0.1, 0.15) is 32.3 Å². The van der Waals surface area contributed by atoms with Gasteiger partial charge in [0.1, 0.15) is 0 Å². The van der Waals surface area contributed by atoms with Crippen molar-refractivity contribution in [2.45, 2.75) is 39.2 Å². The minimum Gasteiger partial charge on any atom is -0.399 e. The Balaban J connectivity index is 1.65. The highest BCUT2D eigenvalue weighted by atomic mass is 15.0. The average Bonchev–Trinajstić information content (AvgIpc) is 2.82. The molecule has 1 aromatic carbocycles. The normalized spacial score (nSPS) is 22.0. The Bertz CT molecular complexity index is 358. The molecule has 1 fully saturated rings. The Labute approximate surface area is 98.2 Å². The third-order valence-electron chi connectivity index (χ3n) is 3.50. The van der Waals surface area contributed by atoms with E-state index in [2.05, 4.69) is 31.3 Å². The second-order valence-electron chi connectivity index (χ2n) is 5.55. The first-order valence-electron chi connectivity index (χ1n) is 6.16. The van der Waals surface area contributed by atoms with Crippen LogP contribution in [0.5, 0.6) is 0 Å². The third kappa shape index (κ3) is 2.99. The predicted octanol–water partition coefficient (Wildman–Crippen LogP) is 2.59. The van der Waals surface area contributed by atoms with Crippen LogP contribution in [-0.2, 0) is 6.42 Å². The standard InChI is InChI=1S/C14H22N2/c1-14(2)10-13(14)16-8-4-6-11-5-3-7-12(15)9-11/h3,5,7,9,13,16H,4,6,8,10,15H2,1-2H3. The number of hydrogen-bond donors (Lipinski definition) is 2. The van der Waals surface area contributed by atoms with Gasteiger partial charge in [-0.3, -0.25) is 0 Å². The zero-order valence-electron chi connectivity index (χ0n) is 10.3. The first-order valence-corrected chi connectivity index (χ1v) is 6.16. The molecule has 2 nitrogen and oxygen atoms in total. The van der Waals surface area contributed by atoms with E-state index < -0.39 is 0 Å². The monoisotopic (exact) mass is 218 g/mol. The maximum atomic E-state index is 5.74. The molecule has 16 heavy (non-hydrogen) atoms. The summed E-state index contributed by atoms with van der Waals surface area (Å²) in [5.41, 5.74) is 8.49. The molecule has 0 bridgehead atoms. The fraction of sp³-hybridized carbons (Fsp3) is 0.571. The molecule has 1 aromatic rings. The van der Waals surface area contributed by atoms with Crippen molar-refractivity contribution in [1.29, 1.82) is 0 Å². The topological polar surface area (TPSA) is 38.0 Å². The lowest BCUT2D eigenvalue weighted by atomic mass is 10.1. The smallest absolute Gasteiger partial charge is 0.0316 e. The van der Waals surface area contributed by atoms with Crippen molar-refractivity contribution in [2.75, 3.05) is 12.3 Å². The highest BCUT2D eigenvalue weighted by Gasteiger charge is 2.44. The van der Waals surface area contributed by atoms with E-state index in [1.54, 1.807) is 0 Å². The number of aryl methyl sites for hydroxylation is 1. The Kier molecular flexibility index (Phi) is 3.20. The van der Waals surface area contributed by atoms with Crippen LogP contribution < -0.4 is 11.1 Å². The number of nitrogens with one attached hydrogen (secondary N) is 1. The van der Waals surface area contributed by atoms with Gasteiger partial charge in [-0.1, -0.05) is 26.0 Å². The molecular weight excluding hydrogens is 196 g/mol. The molecule has 0 radical (unpaired) electrons. The second-order valence-corrected chi connectivity index (χ2v) is 5.55. The van der Waals surface area contributed by atoms with Gasteiger partial charge < -0.3 is 11.1 Å². The Morgan fingerprint density at radius 1 is 1.44 bits per heavy atom. The minimum absolute atomic E-state index is 0.539. The van der Waals surface area contributed by atoms with Crippen molar-refractivity contribution in [3.8, 4) is 0 Å². The SMILES string of the molecule is CC1(C)CC1NCCCc1cccc(N)c1. The Morgan fingerprint density at radius 2 is 2.19 bits per heavy atom. The van der Waals surface area contributed by atoms with E-state index in [0.717, 1.165) is 24.7 Å². The number of rotatable bonds is 5. The third-order valence-corrected chi connectivity index (χ3v) is 3.50. The van der Waals surface area contributed by atoms with Crippen LogP contribution in [-0.4, -0.2) is 12.6 Å². The summed E-state index contributed by atoms with van der Waals surface area (Å²) in [6.07, 6.45) is 3.63. The molecule has 1 saturated carbocycles. The highest BCUT2D eigenvalue weighted by molar-refractivity contribution is 5.40. The van der Waals surface area contributed by atoms with Crippen molar-refractivity contribution < 1.29 is 0 Å². The van der Waals surface area contributed by atoms with E-state index in [1.807, 2.05) is 12.1 Å². The van der Waals surface area contributed by atoms with Gasteiger partial charge in [0, 0.05) is 11.7 Å². The predicted molar refractivity (Wildman–Crippen MR) is 69.4 cm³/mol. The zero-order valence-corrected chi connectivity index (χ0v) is 10.3. The maximum Gasteiger partial charge on any atom is 0.0316 e. The van der Waals surface area contributed by atoms with E-state index in [1.165, 1.54) is 18.4 Å². The minimum atomic E-state index is 0.539. The molecule has 3 N–H and O–H groups in total. The number of benzene rings is 1. The Morgan fingerprint density at radius 3 is 2.81 bits per heavy atom. The van der Waals surface area contributed by atoms with Crippen molar-refractivity contribution in [3.63, 3.8) is 0 Å². The van der Waals surface area contributed by atoms with Gasteiger partial charge in [-0.15, -0.1) is 0 Å². The largest absolute Gasteiger partial charge is 0.399 e. The van der Waals surface area contributed by atoms with E-state index >= 15 is 0 Å². The summed E-state index contributed by atoms with van der Waals surface area (Å²) in [5, 5.41) is 3.60. The summed E-state index contributed by atoms with van der Waals surface area (Å²) < 4.78 is 0. The van der Waals surface area contributed by atoms with Gasteiger partial charge in [0.05, 0.1) is 0 Å². The van der Waals surface area contributed by atoms with Gasteiger partial charge in [0.15, 0.2) is 0 Å². The number of hydrogen-bond acceptors (Lipinski definition) is 2. The van der Waals surface area contributed by atoms with Crippen LogP contribution in [0.25, 0.3) is 0 Å². The van der Waals surface area contributed by atoms with E-state index in [-0.39, 0.29) is 0 Å². The van der Waals surface area contributed by atoms with Gasteiger partial charge in [0.25, 0.3) is 0 Å². The fourth-order valence-electron chi connectivity index (χ4n) is 2.13. The number of nitrogens with two attached hydrogens (primary N) is 1. The van der Waals surface area contributed by atoms with Gasteiger partial charge in [-0.25, -0.2) is 0 Å². The van der Waals surface area contributed by atoms with Gasteiger partial charge in [0.2, 0.25) is 0 Å². The molecule has 2 heteroatoms.